The van der Waals surface area contributed by atoms with Gasteiger partial charge < -0.3 is 5.73 Å². The van der Waals surface area contributed by atoms with Crippen LogP contribution < -0.4 is 5.73 Å². The number of carbonyl (C=O) groups excluding carboxylic acids is 1. The van der Waals surface area contributed by atoms with Crippen molar-refractivity contribution in [2.45, 2.75) is 66.3 Å². The number of carbonyl (C=O) groups is 1. The van der Waals surface area contributed by atoms with E-state index in [1.54, 1.807) is 30.9 Å². The van der Waals surface area contributed by atoms with Gasteiger partial charge in [0.15, 0.2) is 0 Å². The predicted octanol–water partition coefficient (Wildman–Crippen LogP) is 5.31. The molecule has 1 rings (SSSR count). The number of hydrogen-bond acceptors (Lipinski definition) is 4. The Kier molecular flexibility index (Phi) is 12.8. The van der Waals surface area contributed by atoms with Gasteiger partial charge in [-0.05, 0) is 31.9 Å². The Labute approximate surface area is 157 Å². The summed E-state index contributed by atoms with van der Waals surface area (Å²) in [5.41, 5.74) is 6.75. The molecule has 5 heteroatoms. The Bertz CT molecular complexity index is 559. The number of nitrogens with two attached hydrogens (primary N) is 1. The Morgan fingerprint density at radius 2 is 1.56 bits per heavy atom. The summed E-state index contributed by atoms with van der Waals surface area (Å²) in [6.45, 7) is 10.4. The lowest BCUT2D eigenvalue weighted by Crippen LogP contribution is -2.11. The second-order valence-corrected chi connectivity index (χ2v) is 6.63. The summed E-state index contributed by atoms with van der Waals surface area (Å²) >= 11 is 1.58. The molecule has 1 aromatic carbocycles. The first-order valence-electron chi connectivity index (χ1n) is 9.11. The van der Waals surface area contributed by atoms with Gasteiger partial charge in [0, 0.05) is 18.2 Å². The van der Waals surface area contributed by atoms with Crippen molar-refractivity contribution in [3.05, 3.63) is 35.4 Å². The summed E-state index contributed by atoms with van der Waals surface area (Å²) in [6.07, 6.45) is 4.54. The smallest absolute Gasteiger partial charge is 0.248 e. The molecule has 0 unspecified atom stereocenters. The molecule has 0 aliphatic heterocycles. The molecule has 0 aliphatic carbocycles. The van der Waals surface area contributed by atoms with Crippen molar-refractivity contribution in [1.82, 2.24) is 0 Å². The molecular formula is C20H33N3OS. The van der Waals surface area contributed by atoms with Gasteiger partial charge in [-0.3, -0.25) is 14.8 Å². The minimum Gasteiger partial charge on any atom is -0.366 e. The van der Waals surface area contributed by atoms with E-state index < -0.39 is 5.91 Å². The van der Waals surface area contributed by atoms with Gasteiger partial charge in [0.2, 0.25) is 5.91 Å². The number of rotatable bonds is 7. The van der Waals surface area contributed by atoms with Crippen LogP contribution in [0, 0.1) is 0 Å². The second kappa shape index (κ2) is 13.6. The first-order chi connectivity index (χ1) is 12.0. The average molecular weight is 364 g/mol. The maximum Gasteiger partial charge on any atom is 0.248 e. The van der Waals surface area contributed by atoms with E-state index in [-0.39, 0.29) is 0 Å². The van der Waals surface area contributed by atoms with Crippen LogP contribution in [-0.2, 0) is 0 Å². The van der Waals surface area contributed by atoms with Gasteiger partial charge in [-0.15, -0.1) is 0 Å². The summed E-state index contributed by atoms with van der Waals surface area (Å²) < 4.78 is 0. The van der Waals surface area contributed by atoms with E-state index in [1.807, 2.05) is 32.9 Å². The van der Waals surface area contributed by atoms with Gasteiger partial charge in [0.05, 0.1) is 11.1 Å². The topological polar surface area (TPSA) is 67.8 Å². The third-order valence-corrected chi connectivity index (χ3v) is 4.48. The SMILES string of the molecule is CC.CCCC(CCC)N=C(C)SC(=NC)c1ccc(C(N)=O)cc1. The summed E-state index contributed by atoms with van der Waals surface area (Å²) in [7, 11) is 1.77. The molecule has 0 radical (unpaired) electrons. The Morgan fingerprint density at radius 1 is 1.08 bits per heavy atom. The highest BCUT2D eigenvalue weighted by molar-refractivity contribution is 8.27. The highest BCUT2D eigenvalue weighted by Gasteiger charge is 2.10. The fourth-order valence-corrected chi connectivity index (χ4v) is 3.20. The van der Waals surface area contributed by atoms with Crippen molar-refractivity contribution in [3.63, 3.8) is 0 Å². The maximum absolute atomic E-state index is 11.1. The third-order valence-electron chi connectivity index (χ3n) is 3.47. The largest absolute Gasteiger partial charge is 0.366 e. The molecule has 0 heterocycles. The van der Waals surface area contributed by atoms with Crippen LogP contribution in [0.15, 0.2) is 34.3 Å². The molecule has 0 saturated heterocycles. The minimum absolute atomic E-state index is 0.396. The van der Waals surface area contributed by atoms with Crippen molar-refractivity contribution in [2.75, 3.05) is 7.05 Å². The zero-order chi connectivity index (χ0) is 19.2. The first kappa shape index (κ1) is 23.4. The van der Waals surface area contributed by atoms with Crippen molar-refractivity contribution in [1.29, 1.82) is 0 Å². The molecule has 0 aliphatic rings. The maximum atomic E-state index is 11.1. The molecule has 0 spiro atoms. The van der Waals surface area contributed by atoms with Gasteiger partial charge in [-0.1, -0.05) is 64.4 Å². The van der Waals surface area contributed by atoms with E-state index in [2.05, 4.69) is 18.8 Å². The molecule has 1 aromatic rings. The Morgan fingerprint density at radius 3 is 1.96 bits per heavy atom. The van der Waals surface area contributed by atoms with E-state index in [0.29, 0.717) is 11.6 Å². The lowest BCUT2D eigenvalue weighted by molar-refractivity contribution is 0.100. The fourth-order valence-electron chi connectivity index (χ4n) is 2.37. The lowest BCUT2D eigenvalue weighted by Gasteiger charge is -2.12. The highest BCUT2D eigenvalue weighted by atomic mass is 32.2. The Balaban J connectivity index is 0.00000277. The number of amides is 1. The van der Waals surface area contributed by atoms with Gasteiger partial charge in [0.1, 0.15) is 5.04 Å². The van der Waals surface area contributed by atoms with Crippen LogP contribution in [0.2, 0.25) is 0 Å². The molecule has 0 saturated carbocycles. The van der Waals surface area contributed by atoms with Gasteiger partial charge >= 0.3 is 0 Å². The zero-order valence-electron chi connectivity index (χ0n) is 16.5. The lowest BCUT2D eigenvalue weighted by atomic mass is 10.1. The van der Waals surface area contributed by atoms with Crippen LogP contribution in [-0.4, -0.2) is 29.1 Å². The monoisotopic (exact) mass is 363 g/mol. The van der Waals surface area contributed by atoms with Gasteiger partial charge in [-0.2, -0.15) is 0 Å². The summed E-state index contributed by atoms with van der Waals surface area (Å²) in [5, 5.41) is 1.92. The number of hydrogen-bond donors (Lipinski definition) is 1. The molecular weight excluding hydrogens is 330 g/mol. The van der Waals surface area contributed by atoms with E-state index >= 15 is 0 Å². The predicted molar refractivity (Wildman–Crippen MR) is 113 cm³/mol. The summed E-state index contributed by atoms with van der Waals surface area (Å²) in [6, 6.07) is 7.60. The van der Waals surface area contributed by atoms with Crippen LogP contribution in [0.5, 0.6) is 0 Å². The second-order valence-electron chi connectivity index (χ2n) is 5.45. The van der Waals surface area contributed by atoms with E-state index in [0.717, 1.165) is 41.3 Å². The van der Waals surface area contributed by atoms with Crippen LogP contribution in [0.3, 0.4) is 0 Å². The van der Waals surface area contributed by atoms with E-state index in [9.17, 15) is 4.79 Å². The third kappa shape index (κ3) is 8.87. The fraction of sp³-hybridized carbons (Fsp3) is 0.550. The molecule has 4 nitrogen and oxygen atoms in total. The quantitative estimate of drug-likeness (QED) is 0.527. The normalized spacial score (nSPS) is 12.0. The van der Waals surface area contributed by atoms with E-state index in [1.165, 1.54) is 0 Å². The van der Waals surface area contributed by atoms with Gasteiger partial charge in [0.25, 0.3) is 0 Å². The van der Waals surface area contributed by atoms with Crippen molar-refractivity contribution >= 4 is 27.8 Å². The van der Waals surface area contributed by atoms with Crippen LogP contribution in [0.4, 0.5) is 0 Å². The minimum atomic E-state index is -0.418. The van der Waals surface area contributed by atoms with E-state index in [4.69, 9.17) is 10.7 Å². The molecule has 0 atom stereocenters. The van der Waals surface area contributed by atoms with Gasteiger partial charge in [-0.25, -0.2) is 0 Å². The number of benzene rings is 1. The number of thioether (sulfide) groups is 1. The number of primary amides is 1. The van der Waals surface area contributed by atoms with Crippen molar-refractivity contribution in [2.24, 2.45) is 15.7 Å². The highest BCUT2D eigenvalue weighted by Crippen LogP contribution is 2.19. The van der Waals surface area contributed by atoms with Crippen LogP contribution in [0.25, 0.3) is 0 Å². The molecule has 0 bridgehead atoms. The van der Waals surface area contributed by atoms with Crippen LogP contribution >= 0.6 is 11.8 Å². The first-order valence-corrected chi connectivity index (χ1v) is 9.92. The summed E-state index contributed by atoms with van der Waals surface area (Å²) in [5.74, 6) is -0.418. The molecule has 140 valence electrons. The number of aliphatic imine (C=N–C) groups is 2. The standard InChI is InChI=1S/C18H27N3OS.C2H6/c1-5-7-16(8-6-2)21-13(3)23-18(20-4)15-11-9-14(10-12-15)17(19)22;1-2/h9-12,16H,5-8H2,1-4H3,(H2,19,22);1-2H3. The zero-order valence-corrected chi connectivity index (χ0v) is 17.3. The molecule has 2 N–H and O–H groups in total. The molecule has 25 heavy (non-hydrogen) atoms. The van der Waals surface area contributed by atoms with Crippen LogP contribution in [0.1, 0.15) is 76.2 Å². The molecule has 0 aromatic heterocycles. The molecule has 0 fully saturated rings. The Hall–Kier alpha value is -1.62. The number of nitrogens with zero attached hydrogens (tertiary/aromatic N) is 2. The van der Waals surface area contributed by atoms with Crippen molar-refractivity contribution in [3.8, 4) is 0 Å². The molecule has 1 amide bonds. The van der Waals surface area contributed by atoms with Crippen molar-refractivity contribution < 1.29 is 4.79 Å². The average Bonchev–Trinajstić information content (AvgIpc) is 2.62. The summed E-state index contributed by atoms with van der Waals surface area (Å²) in [4.78, 5) is 20.3.